The molecule has 0 unspecified atom stereocenters. The van der Waals surface area contributed by atoms with Crippen LogP contribution in [0.4, 0.5) is 11.6 Å². The fourth-order valence-electron chi connectivity index (χ4n) is 3.28. The Hall–Kier alpha value is -3.22. The van der Waals surface area contributed by atoms with E-state index in [2.05, 4.69) is 25.6 Å². The third kappa shape index (κ3) is 3.97. The first-order valence-corrected chi connectivity index (χ1v) is 9.07. The zero-order valence-electron chi connectivity index (χ0n) is 15.1. The zero-order chi connectivity index (χ0) is 18.6. The van der Waals surface area contributed by atoms with Gasteiger partial charge in [0.2, 0.25) is 5.91 Å². The van der Waals surface area contributed by atoms with E-state index in [0.29, 0.717) is 11.6 Å². The van der Waals surface area contributed by atoms with E-state index in [1.54, 1.807) is 13.0 Å². The molecule has 1 aromatic carbocycles. The summed E-state index contributed by atoms with van der Waals surface area (Å²) in [5.41, 5.74) is 1.91. The highest BCUT2D eigenvalue weighted by Gasteiger charge is 2.26. The Morgan fingerprint density at radius 1 is 1.11 bits per heavy atom. The summed E-state index contributed by atoms with van der Waals surface area (Å²) in [7, 11) is 0. The van der Waals surface area contributed by atoms with Gasteiger partial charge in [-0.25, -0.2) is 0 Å². The van der Waals surface area contributed by atoms with Crippen molar-refractivity contribution >= 4 is 17.5 Å². The largest absolute Gasteiger partial charge is 0.360 e. The number of anilines is 2. The van der Waals surface area contributed by atoms with Gasteiger partial charge in [-0.05, 0) is 31.9 Å². The maximum atomic E-state index is 12.4. The maximum Gasteiger partial charge on any atom is 0.228 e. The Morgan fingerprint density at radius 3 is 2.52 bits per heavy atom. The fraction of sp³-hybridized carbons (Fsp3) is 0.300. The van der Waals surface area contributed by atoms with Gasteiger partial charge >= 0.3 is 0 Å². The Labute approximate surface area is 157 Å². The van der Waals surface area contributed by atoms with Crippen LogP contribution >= 0.6 is 0 Å². The second-order valence-corrected chi connectivity index (χ2v) is 6.72. The van der Waals surface area contributed by atoms with Gasteiger partial charge in [-0.2, -0.15) is 0 Å². The number of nitrogens with zero attached hydrogens (tertiary/aromatic N) is 4. The molecular weight excluding hydrogens is 342 g/mol. The average molecular weight is 363 g/mol. The quantitative estimate of drug-likeness (QED) is 0.766. The Bertz CT molecular complexity index is 900. The number of hydrogen-bond donors (Lipinski definition) is 1. The molecule has 0 spiro atoms. The Morgan fingerprint density at radius 2 is 1.89 bits per heavy atom. The number of hydrogen-bond acceptors (Lipinski definition) is 6. The lowest BCUT2D eigenvalue weighted by Crippen LogP contribution is -2.38. The van der Waals surface area contributed by atoms with E-state index in [9.17, 15) is 4.79 Å². The molecule has 1 saturated heterocycles. The first-order chi connectivity index (χ1) is 13.2. The highest BCUT2D eigenvalue weighted by atomic mass is 16.5. The molecule has 2 aromatic heterocycles. The Balaban J connectivity index is 1.34. The van der Waals surface area contributed by atoms with Gasteiger partial charge in [-0.3, -0.25) is 4.79 Å². The SMILES string of the molecule is Cc1cc(NC(=O)C2CCN(c3ccc(-c4ccccc4)nn3)CC2)no1. The lowest BCUT2D eigenvalue weighted by molar-refractivity contribution is -0.120. The molecule has 7 heteroatoms. The van der Waals surface area contributed by atoms with E-state index in [4.69, 9.17) is 4.52 Å². The summed E-state index contributed by atoms with van der Waals surface area (Å²) in [6.45, 7) is 3.34. The lowest BCUT2D eigenvalue weighted by Gasteiger charge is -2.31. The van der Waals surface area contributed by atoms with Gasteiger partial charge in [0.1, 0.15) is 5.76 Å². The van der Waals surface area contributed by atoms with E-state index < -0.39 is 0 Å². The van der Waals surface area contributed by atoms with Crippen LogP contribution in [-0.4, -0.2) is 34.4 Å². The van der Waals surface area contributed by atoms with Crippen LogP contribution < -0.4 is 10.2 Å². The topological polar surface area (TPSA) is 84.2 Å². The first kappa shape index (κ1) is 17.2. The van der Waals surface area contributed by atoms with Crippen LogP contribution in [0.1, 0.15) is 18.6 Å². The molecule has 3 heterocycles. The van der Waals surface area contributed by atoms with Crippen molar-refractivity contribution in [3.8, 4) is 11.3 Å². The van der Waals surface area contributed by atoms with E-state index in [1.165, 1.54) is 0 Å². The molecule has 138 valence electrons. The van der Waals surface area contributed by atoms with Crippen LogP contribution in [-0.2, 0) is 4.79 Å². The zero-order valence-corrected chi connectivity index (χ0v) is 15.1. The van der Waals surface area contributed by atoms with Crippen LogP contribution in [0.5, 0.6) is 0 Å². The molecule has 7 nitrogen and oxygen atoms in total. The number of nitrogens with one attached hydrogen (secondary N) is 1. The summed E-state index contributed by atoms with van der Waals surface area (Å²) >= 11 is 0. The van der Waals surface area contributed by atoms with Crippen LogP contribution in [0.3, 0.4) is 0 Å². The molecule has 1 fully saturated rings. The van der Waals surface area contributed by atoms with Crippen molar-refractivity contribution in [2.24, 2.45) is 5.92 Å². The minimum atomic E-state index is -0.0326. The number of piperidine rings is 1. The number of carbonyl (C=O) groups excluding carboxylic acids is 1. The molecule has 0 atom stereocenters. The van der Waals surface area contributed by atoms with Crippen LogP contribution in [0.15, 0.2) is 53.1 Å². The smallest absolute Gasteiger partial charge is 0.228 e. The van der Waals surface area contributed by atoms with Gasteiger partial charge in [0.15, 0.2) is 11.6 Å². The molecule has 1 aliphatic rings. The van der Waals surface area contributed by atoms with Crippen LogP contribution in [0.25, 0.3) is 11.3 Å². The fourth-order valence-corrected chi connectivity index (χ4v) is 3.28. The molecule has 1 aliphatic heterocycles. The number of aryl methyl sites for hydroxylation is 1. The van der Waals surface area contributed by atoms with Gasteiger partial charge in [0, 0.05) is 30.6 Å². The van der Waals surface area contributed by atoms with Crippen molar-refractivity contribution in [3.05, 3.63) is 54.3 Å². The molecule has 0 aliphatic carbocycles. The summed E-state index contributed by atoms with van der Waals surface area (Å²) in [6, 6.07) is 15.7. The maximum absolute atomic E-state index is 12.4. The molecule has 27 heavy (non-hydrogen) atoms. The van der Waals surface area contributed by atoms with Crippen LogP contribution in [0, 0.1) is 12.8 Å². The molecule has 0 radical (unpaired) electrons. The first-order valence-electron chi connectivity index (χ1n) is 9.07. The van der Waals surface area contributed by atoms with E-state index in [-0.39, 0.29) is 11.8 Å². The summed E-state index contributed by atoms with van der Waals surface area (Å²) in [6.07, 6.45) is 1.54. The van der Waals surface area contributed by atoms with Gasteiger partial charge in [-0.1, -0.05) is 35.5 Å². The number of benzene rings is 1. The number of aromatic nitrogens is 3. The molecule has 1 N–H and O–H groups in total. The lowest BCUT2D eigenvalue weighted by atomic mass is 9.96. The molecule has 0 saturated carbocycles. The van der Waals surface area contributed by atoms with E-state index >= 15 is 0 Å². The molecule has 0 bridgehead atoms. The van der Waals surface area contributed by atoms with Crippen molar-refractivity contribution in [2.75, 3.05) is 23.3 Å². The standard InChI is InChI=1S/C20H21N5O2/c1-14-13-18(24-27-14)21-20(26)16-9-11-25(12-10-16)19-8-7-17(22-23-19)15-5-3-2-4-6-15/h2-8,13,16H,9-12H2,1H3,(H,21,24,26). The predicted molar refractivity (Wildman–Crippen MR) is 102 cm³/mol. The number of rotatable bonds is 4. The molecular formula is C20H21N5O2. The molecule has 1 amide bonds. The third-order valence-electron chi connectivity index (χ3n) is 4.79. The second kappa shape index (κ2) is 7.57. The van der Waals surface area contributed by atoms with Crippen molar-refractivity contribution in [3.63, 3.8) is 0 Å². The van der Waals surface area contributed by atoms with Gasteiger partial charge in [0.25, 0.3) is 0 Å². The van der Waals surface area contributed by atoms with Crippen molar-refractivity contribution in [2.45, 2.75) is 19.8 Å². The van der Waals surface area contributed by atoms with Crippen molar-refractivity contribution in [1.82, 2.24) is 15.4 Å². The van der Waals surface area contributed by atoms with Gasteiger partial charge in [-0.15, -0.1) is 10.2 Å². The highest BCUT2D eigenvalue weighted by Crippen LogP contribution is 2.24. The normalized spacial score (nSPS) is 14.9. The highest BCUT2D eigenvalue weighted by molar-refractivity contribution is 5.91. The van der Waals surface area contributed by atoms with Crippen molar-refractivity contribution in [1.29, 1.82) is 0 Å². The monoisotopic (exact) mass is 363 g/mol. The van der Waals surface area contributed by atoms with E-state index in [1.807, 2.05) is 42.5 Å². The summed E-state index contributed by atoms with van der Waals surface area (Å²) < 4.78 is 4.98. The molecule has 4 rings (SSSR count). The summed E-state index contributed by atoms with van der Waals surface area (Å²) in [5, 5.41) is 15.4. The summed E-state index contributed by atoms with van der Waals surface area (Å²) in [5.74, 6) is 1.96. The van der Waals surface area contributed by atoms with Crippen molar-refractivity contribution < 1.29 is 9.32 Å². The van der Waals surface area contributed by atoms with E-state index in [0.717, 1.165) is 43.0 Å². The third-order valence-corrected chi connectivity index (χ3v) is 4.79. The minimum Gasteiger partial charge on any atom is -0.360 e. The Kier molecular flexibility index (Phi) is 4.82. The predicted octanol–water partition coefficient (Wildman–Crippen LogP) is 3.30. The average Bonchev–Trinajstić information content (AvgIpc) is 3.13. The second-order valence-electron chi connectivity index (χ2n) is 6.72. The number of amides is 1. The van der Waals surface area contributed by atoms with Crippen LogP contribution in [0.2, 0.25) is 0 Å². The van der Waals surface area contributed by atoms with Gasteiger partial charge in [0.05, 0.1) is 5.69 Å². The molecule has 3 aromatic rings. The minimum absolute atomic E-state index is 0.00606. The van der Waals surface area contributed by atoms with Gasteiger partial charge < -0.3 is 14.7 Å². The number of carbonyl (C=O) groups is 1. The summed E-state index contributed by atoms with van der Waals surface area (Å²) in [4.78, 5) is 14.6.